The Bertz CT molecular complexity index is 545. The molecule has 0 unspecified atom stereocenters. The molecule has 90 valence electrons. The van der Waals surface area contributed by atoms with Crippen LogP contribution in [0.3, 0.4) is 0 Å². The van der Waals surface area contributed by atoms with E-state index in [0.29, 0.717) is 5.02 Å². The van der Waals surface area contributed by atoms with Crippen molar-refractivity contribution in [3.63, 3.8) is 0 Å². The Hall–Kier alpha value is -0.910. The normalized spacial score (nSPS) is 11.8. The third kappa shape index (κ3) is 2.68. The number of rotatable bonds is 2. The number of halogens is 2. The third-order valence-electron chi connectivity index (χ3n) is 2.32. The highest BCUT2D eigenvalue weighted by molar-refractivity contribution is 9.10. The molecule has 6 heteroatoms. The monoisotopic (exact) mass is 314 g/mol. The van der Waals surface area contributed by atoms with Gasteiger partial charge in [0.05, 0.1) is 22.4 Å². The molecule has 0 atom stereocenters. The van der Waals surface area contributed by atoms with Crippen LogP contribution >= 0.6 is 27.5 Å². The molecule has 1 aromatic heterocycles. The Kier molecular flexibility index (Phi) is 3.25. The molecule has 2 rings (SSSR count). The number of hydrogen-bond acceptors (Lipinski definition) is 3. The van der Waals surface area contributed by atoms with Gasteiger partial charge in [-0.05, 0) is 48.0 Å². The number of hydrogen-bond donors (Lipinski definition) is 1. The van der Waals surface area contributed by atoms with Crippen LogP contribution < -0.4 is 5.73 Å². The summed E-state index contributed by atoms with van der Waals surface area (Å²) in [5.41, 5.74) is 7.08. The smallest absolute Gasteiger partial charge is 0.102 e. The molecule has 0 bridgehead atoms. The highest BCUT2D eigenvalue weighted by Crippen LogP contribution is 2.25. The molecule has 1 aromatic carbocycles. The van der Waals surface area contributed by atoms with E-state index < -0.39 is 5.54 Å². The van der Waals surface area contributed by atoms with Crippen LogP contribution in [0.4, 0.5) is 0 Å². The minimum Gasteiger partial charge on any atom is -0.320 e. The predicted molar refractivity (Wildman–Crippen MR) is 71.3 cm³/mol. The number of nitrogens with two attached hydrogens (primary N) is 1. The zero-order valence-electron chi connectivity index (χ0n) is 9.48. The molecule has 0 saturated heterocycles. The molecule has 0 fully saturated rings. The van der Waals surface area contributed by atoms with Crippen molar-refractivity contribution in [1.82, 2.24) is 15.0 Å². The van der Waals surface area contributed by atoms with Gasteiger partial charge in [0, 0.05) is 4.47 Å². The van der Waals surface area contributed by atoms with Gasteiger partial charge in [-0.15, -0.1) is 5.10 Å². The zero-order chi connectivity index (χ0) is 12.6. The number of nitrogens with zero attached hydrogens (tertiary/aromatic N) is 3. The lowest BCUT2D eigenvalue weighted by molar-refractivity contribution is 0.533. The van der Waals surface area contributed by atoms with E-state index in [1.165, 1.54) is 0 Å². The summed E-state index contributed by atoms with van der Waals surface area (Å²) in [4.78, 5) is 0. The van der Waals surface area contributed by atoms with Crippen LogP contribution in [0.15, 0.2) is 28.9 Å². The summed E-state index contributed by atoms with van der Waals surface area (Å²) in [6.07, 6.45) is 1.82. The van der Waals surface area contributed by atoms with Crippen molar-refractivity contribution in [3.05, 3.63) is 39.6 Å². The summed E-state index contributed by atoms with van der Waals surface area (Å²) in [5, 5.41) is 8.76. The highest BCUT2D eigenvalue weighted by atomic mass is 79.9. The Morgan fingerprint density at radius 3 is 2.65 bits per heavy atom. The lowest BCUT2D eigenvalue weighted by Crippen LogP contribution is -2.29. The largest absolute Gasteiger partial charge is 0.320 e. The van der Waals surface area contributed by atoms with Crippen LogP contribution in [0, 0.1) is 0 Å². The van der Waals surface area contributed by atoms with Gasteiger partial charge < -0.3 is 5.73 Å². The van der Waals surface area contributed by atoms with Crippen molar-refractivity contribution >= 4 is 27.5 Å². The molecule has 17 heavy (non-hydrogen) atoms. The first kappa shape index (κ1) is 12.5. The fraction of sp³-hybridized carbons (Fsp3) is 0.273. The van der Waals surface area contributed by atoms with Crippen LogP contribution in [0.25, 0.3) is 5.69 Å². The van der Waals surface area contributed by atoms with Gasteiger partial charge in [-0.2, -0.15) is 0 Å². The Morgan fingerprint density at radius 2 is 2.12 bits per heavy atom. The van der Waals surface area contributed by atoms with E-state index in [0.717, 1.165) is 15.9 Å². The molecule has 2 N–H and O–H groups in total. The SMILES string of the molecule is CC(C)(N)c1cn(-c2ccc(Cl)c(Br)c2)nn1. The zero-order valence-corrected chi connectivity index (χ0v) is 11.8. The van der Waals surface area contributed by atoms with Crippen LogP contribution in [0.1, 0.15) is 19.5 Å². The van der Waals surface area contributed by atoms with Gasteiger partial charge in [0.15, 0.2) is 0 Å². The second-order valence-corrected chi connectivity index (χ2v) is 5.63. The molecular weight excluding hydrogens is 304 g/mol. The van der Waals surface area contributed by atoms with Gasteiger partial charge in [-0.25, -0.2) is 4.68 Å². The summed E-state index contributed by atoms with van der Waals surface area (Å²) in [6, 6.07) is 5.55. The summed E-state index contributed by atoms with van der Waals surface area (Å²) in [6.45, 7) is 3.78. The van der Waals surface area contributed by atoms with Crippen LogP contribution in [0.2, 0.25) is 5.02 Å². The second kappa shape index (κ2) is 4.40. The second-order valence-electron chi connectivity index (χ2n) is 4.37. The van der Waals surface area contributed by atoms with E-state index in [1.54, 1.807) is 10.7 Å². The first-order valence-corrected chi connectivity index (χ1v) is 6.22. The molecule has 0 spiro atoms. The van der Waals surface area contributed by atoms with Crippen LogP contribution in [0.5, 0.6) is 0 Å². The topological polar surface area (TPSA) is 56.7 Å². The first-order chi connectivity index (χ1) is 7.88. The Balaban J connectivity index is 2.40. The Morgan fingerprint density at radius 1 is 1.41 bits per heavy atom. The predicted octanol–water partition coefficient (Wildman–Crippen LogP) is 2.88. The average Bonchev–Trinajstić information content (AvgIpc) is 2.70. The lowest BCUT2D eigenvalue weighted by atomic mass is 10.0. The van der Waals surface area contributed by atoms with Gasteiger partial charge in [0.2, 0.25) is 0 Å². The maximum absolute atomic E-state index is 5.96. The molecule has 2 aromatic rings. The summed E-state index contributed by atoms with van der Waals surface area (Å²) in [5.74, 6) is 0. The van der Waals surface area contributed by atoms with Gasteiger partial charge in [-0.1, -0.05) is 16.8 Å². The van der Waals surface area contributed by atoms with Gasteiger partial charge in [0.25, 0.3) is 0 Å². The molecule has 0 aliphatic heterocycles. The van der Waals surface area contributed by atoms with Crippen molar-refractivity contribution in [2.75, 3.05) is 0 Å². The third-order valence-corrected chi connectivity index (χ3v) is 3.54. The van der Waals surface area contributed by atoms with Gasteiger partial charge >= 0.3 is 0 Å². The molecule has 0 aliphatic rings. The maximum Gasteiger partial charge on any atom is 0.102 e. The molecule has 0 radical (unpaired) electrons. The molecule has 4 nitrogen and oxygen atoms in total. The van der Waals surface area contributed by atoms with E-state index in [2.05, 4.69) is 26.2 Å². The average molecular weight is 316 g/mol. The van der Waals surface area contributed by atoms with Crippen molar-refractivity contribution in [1.29, 1.82) is 0 Å². The fourth-order valence-corrected chi connectivity index (χ4v) is 1.80. The van der Waals surface area contributed by atoms with Crippen molar-refractivity contribution in [2.24, 2.45) is 5.73 Å². The van der Waals surface area contributed by atoms with Crippen LogP contribution in [-0.2, 0) is 5.54 Å². The maximum atomic E-state index is 5.96. The lowest BCUT2D eigenvalue weighted by Gasteiger charge is -2.13. The van der Waals surface area contributed by atoms with Crippen molar-refractivity contribution < 1.29 is 0 Å². The van der Waals surface area contributed by atoms with E-state index in [4.69, 9.17) is 17.3 Å². The standard InChI is InChI=1S/C11H12BrClN4/c1-11(2,14)10-6-17(16-15-10)7-3-4-9(13)8(12)5-7/h3-6H,14H2,1-2H3. The summed E-state index contributed by atoms with van der Waals surface area (Å²) < 4.78 is 2.49. The number of benzene rings is 1. The molecule has 0 saturated carbocycles. The fourth-order valence-electron chi connectivity index (χ4n) is 1.31. The number of aromatic nitrogens is 3. The van der Waals surface area contributed by atoms with Crippen molar-refractivity contribution in [2.45, 2.75) is 19.4 Å². The van der Waals surface area contributed by atoms with E-state index in [9.17, 15) is 0 Å². The quantitative estimate of drug-likeness (QED) is 0.927. The molecule has 0 aliphatic carbocycles. The molecule has 0 amide bonds. The summed E-state index contributed by atoms with van der Waals surface area (Å²) in [7, 11) is 0. The first-order valence-electron chi connectivity index (χ1n) is 5.05. The molecule has 1 heterocycles. The highest BCUT2D eigenvalue weighted by Gasteiger charge is 2.18. The summed E-state index contributed by atoms with van der Waals surface area (Å²) >= 11 is 9.31. The van der Waals surface area contributed by atoms with E-state index in [1.807, 2.05) is 32.2 Å². The minimum absolute atomic E-state index is 0.498. The van der Waals surface area contributed by atoms with E-state index in [-0.39, 0.29) is 0 Å². The van der Waals surface area contributed by atoms with Gasteiger partial charge in [-0.3, -0.25) is 0 Å². The van der Waals surface area contributed by atoms with Gasteiger partial charge in [0.1, 0.15) is 5.69 Å². The Labute approximate surface area is 113 Å². The molecular formula is C11H12BrClN4. The van der Waals surface area contributed by atoms with Crippen LogP contribution in [-0.4, -0.2) is 15.0 Å². The minimum atomic E-state index is -0.498. The van der Waals surface area contributed by atoms with Crippen molar-refractivity contribution in [3.8, 4) is 5.69 Å². The van der Waals surface area contributed by atoms with E-state index >= 15 is 0 Å².